The highest BCUT2D eigenvalue weighted by Crippen LogP contribution is 2.37. The maximum absolute atomic E-state index is 13.5. The highest BCUT2D eigenvalue weighted by Gasteiger charge is 2.39. The lowest BCUT2D eigenvalue weighted by Gasteiger charge is -2.39. The first-order valence-electron chi connectivity index (χ1n) is 11.9. The number of nitrogens with zero attached hydrogens (tertiary/aromatic N) is 5. The molecule has 0 radical (unpaired) electrons. The van der Waals surface area contributed by atoms with Crippen LogP contribution in [0.5, 0.6) is 0 Å². The zero-order valence-corrected chi connectivity index (χ0v) is 20.0. The molecule has 0 unspecified atom stereocenters. The molecule has 1 saturated carbocycles. The quantitative estimate of drug-likeness (QED) is 0.641. The van der Waals surface area contributed by atoms with Crippen LogP contribution in [0.15, 0.2) is 24.3 Å². The third-order valence-corrected chi connectivity index (χ3v) is 7.51. The van der Waals surface area contributed by atoms with Gasteiger partial charge in [-0.15, -0.1) is 10.2 Å². The van der Waals surface area contributed by atoms with Gasteiger partial charge in [0.15, 0.2) is 5.82 Å². The Morgan fingerprint density at radius 3 is 2.26 bits per heavy atom. The molecule has 1 amide bonds. The van der Waals surface area contributed by atoms with Crippen LogP contribution >= 0.6 is 0 Å². The summed E-state index contributed by atoms with van der Waals surface area (Å²) < 4.78 is 26.9. The van der Waals surface area contributed by atoms with Crippen LogP contribution in [0.4, 0.5) is 14.6 Å². The van der Waals surface area contributed by atoms with Crippen molar-refractivity contribution in [2.45, 2.75) is 64.3 Å². The van der Waals surface area contributed by atoms with Crippen molar-refractivity contribution in [3.63, 3.8) is 0 Å². The molecular formula is C26H31F2N5O. The van der Waals surface area contributed by atoms with Crippen LogP contribution in [0.1, 0.15) is 55.2 Å². The number of hydrogen-bond donors (Lipinski definition) is 0. The number of carbonyl (C=O) groups excluding carboxylic acids is 1. The number of piperidine rings is 1. The number of carbonyl (C=O) groups is 1. The summed E-state index contributed by atoms with van der Waals surface area (Å²) in [6, 6.07) is 9.57. The largest absolute Gasteiger partial charge is 0.355 e. The summed E-state index contributed by atoms with van der Waals surface area (Å²) in [7, 11) is 1.82. The van der Waals surface area contributed by atoms with Gasteiger partial charge in [-0.05, 0) is 62.8 Å². The van der Waals surface area contributed by atoms with Crippen molar-refractivity contribution in [3.8, 4) is 17.3 Å². The van der Waals surface area contributed by atoms with E-state index in [1.165, 1.54) is 0 Å². The molecule has 8 heteroatoms. The molecule has 0 N–H and O–H groups in total. The third-order valence-electron chi connectivity index (χ3n) is 7.51. The normalized spacial score (nSPS) is 19.0. The van der Waals surface area contributed by atoms with Gasteiger partial charge in [0.1, 0.15) is 0 Å². The van der Waals surface area contributed by atoms with Crippen molar-refractivity contribution < 1.29 is 13.6 Å². The molecule has 0 bridgehead atoms. The van der Waals surface area contributed by atoms with Crippen LogP contribution in [-0.2, 0) is 4.79 Å². The van der Waals surface area contributed by atoms with Crippen LogP contribution in [-0.4, -0.2) is 53.1 Å². The van der Waals surface area contributed by atoms with Crippen molar-refractivity contribution in [2.75, 3.05) is 25.0 Å². The number of hydrogen-bond acceptors (Lipinski definition) is 5. The zero-order chi connectivity index (χ0) is 24.5. The van der Waals surface area contributed by atoms with Crippen molar-refractivity contribution in [1.29, 1.82) is 5.26 Å². The average molecular weight is 468 g/mol. The molecule has 1 saturated heterocycles. The topological polar surface area (TPSA) is 73.1 Å². The van der Waals surface area contributed by atoms with E-state index in [-0.39, 0.29) is 43.6 Å². The Balaban J connectivity index is 1.39. The van der Waals surface area contributed by atoms with E-state index < -0.39 is 5.92 Å². The molecule has 0 atom stereocenters. The van der Waals surface area contributed by atoms with Gasteiger partial charge < -0.3 is 9.80 Å². The highest BCUT2D eigenvalue weighted by atomic mass is 19.3. The molecule has 2 heterocycles. The van der Waals surface area contributed by atoms with Gasteiger partial charge in [0.05, 0.1) is 17.3 Å². The molecule has 4 rings (SSSR count). The second-order valence-electron chi connectivity index (χ2n) is 9.61. The summed E-state index contributed by atoms with van der Waals surface area (Å²) in [6.07, 6.45) is 1.78. The van der Waals surface area contributed by atoms with Gasteiger partial charge in [-0.25, -0.2) is 8.78 Å². The molecule has 6 nitrogen and oxygen atoms in total. The maximum Gasteiger partial charge on any atom is 0.248 e. The summed E-state index contributed by atoms with van der Waals surface area (Å²) in [5, 5.41) is 18.0. The van der Waals surface area contributed by atoms with Crippen LogP contribution in [0.2, 0.25) is 0 Å². The third kappa shape index (κ3) is 4.89. The molecule has 1 aromatic heterocycles. The van der Waals surface area contributed by atoms with Crippen LogP contribution in [0.25, 0.3) is 11.3 Å². The summed E-state index contributed by atoms with van der Waals surface area (Å²) in [5.41, 5.74) is 4.47. The molecule has 0 spiro atoms. The number of halogens is 2. The lowest BCUT2D eigenvalue weighted by Crippen LogP contribution is -2.48. The van der Waals surface area contributed by atoms with E-state index in [1.54, 1.807) is 17.0 Å². The van der Waals surface area contributed by atoms with E-state index in [4.69, 9.17) is 5.26 Å². The molecule has 34 heavy (non-hydrogen) atoms. The maximum atomic E-state index is 13.5. The number of nitriles is 1. The predicted octanol–water partition coefficient (Wildman–Crippen LogP) is 4.88. The van der Waals surface area contributed by atoms with Crippen molar-refractivity contribution >= 4 is 11.7 Å². The van der Waals surface area contributed by atoms with E-state index in [1.807, 2.05) is 33.0 Å². The number of anilines is 1. The first kappa shape index (κ1) is 24.1. The zero-order valence-electron chi connectivity index (χ0n) is 20.0. The lowest BCUT2D eigenvalue weighted by atomic mass is 9.85. The van der Waals surface area contributed by atoms with Gasteiger partial charge in [0.2, 0.25) is 11.8 Å². The van der Waals surface area contributed by atoms with Crippen molar-refractivity contribution in [1.82, 2.24) is 15.1 Å². The number of benzene rings is 1. The Kier molecular flexibility index (Phi) is 6.83. The smallest absolute Gasteiger partial charge is 0.248 e. The van der Waals surface area contributed by atoms with E-state index in [0.717, 1.165) is 54.1 Å². The second kappa shape index (κ2) is 9.65. The fourth-order valence-electron chi connectivity index (χ4n) is 5.09. The Hall–Kier alpha value is -3.08. The second-order valence-corrected chi connectivity index (χ2v) is 9.61. The number of rotatable bonds is 4. The Morgan fingerprint density at radius 1 is 1.06 bits per heavy atom. The first-order chi connectivity index (χ1) is 16.2. The van der Waals surface area contributed by atoms with Gasteiger partial charge in [-0.2, -0.15) is 5.26 Å². The molecule has 1 aromatic carbocycles. The Labute approximate surface area is 199 Å². The van der Waals surface area contributed by atoms with Gasteiger partial charge in [0.25, 0.3) is 0 Å². The van der Waals surface area contributed by atoms with E-state index in [0.29, 0.717) is 5.56 Å². The summed E-state index contributed by atoms with van der Waals surface area (Å²) in [4.78, 5) is 16.9. The average Bonchev–Trinajstić information content (AvgIpc) is 2.85. The SMILES string of the molecule is Cc1c(-c2ccc(C#N)cc2)nnc(N2CCC(N(C)C(=O)C3CCC(F)(F)CC3)CC2)c1C. The molecule has 2 fully saturated rings. The minimum atomic E-state index is -2.62. The number of alkyl halides is 2. The molecule has 2 aliphatic rings. The van der Waals surface area contributed by atoms with Gasteiger partial charge in [-0.1, -0.05) is 12.1 Å². The van der Waals surface area contributed by atoms with Gasteiger partial charge in [-0.3, -0.25) is 4.79 Å². The molecule has 1 aliphatic heterocycles. The monoisotopic (exact) mass is 467 g/mol. The van der Waals surface area contributed by atoms with E-state index >= 15 is 0 Å². The minimum absolute atomic E-state index is 0.00698. The van der Waals surface area contributed by atoms with Crippen molar-refractivity contribution in [3.05, 3.63) is 41.0 Å². The fraction of sp³-hybridized carbons (Fsp3) is 0.538. The Bertz CT molecular complexity index is 1080. The van der Waals surface area contributed by atoms with Crippen LogP contribution in [0.3, 0.4) is 0 Å². The van der Waals surface area contributed by atoms with Crippen LogP contribution < -0.4 is 4.90 Å². The summed E-state index contributed by atoms with van der Waals surface area (Å²) in [6.45, 7) is 5.60. The molecule has 2 aromatic rings. The number of amides is 1. The molecular weight excluding hydrogens is 436 g/mol. The first-order valence-corrected chi connectivity index (χ1v) is 11.9. The molecule has 1 aliphatic carbocycles. The van der Waals surface area contributed by atoms with E-state index in [9.17, 15) is 13.6 Å². The number of aromatic nitrogens is 2. The van der Waals surface area contributed by atoms with E-state index in [2.05, 4.69) is 21.2 Å². The standard InChI is InChI=1S/C26H31F2N5O/c1-17-18(2)24(31-30-23(17)20-6-4-19(16-29)5-7-20)33-14-10-22(11-15-33)32(3)25(34)21-8-12-26(27,28)13-9-21/h4-7,21-22H,8-15H2,1-3H3. The summed E-state index contributed by atoms with van der Waals surface area (Å²) >= 11 is 0. The Morgan fingerprint density at radius 2 is 1.68 bits per heavy atom. The van der Waals surface area contributed by atoms with Gasteiger partial charge in [0, 0.05) is 50.5 Å². The highest BCUT2D eigenvalue weighted by molar-refractivity contribution is 5.79. The fourth-order valence-corrected chi connectivity index (χ4v) is 5.09. The van der Waals surface area contributed by atoms with Crippen molar-refractivity contribution in [2.24, 2.45) is 5.92 Å². The minimum Gasteiger partial charge on any atom is -0.355 e. The van der Waals surface area contributed by atoms with Gasteiger partial charge >= 0.3 is 0 Å². The lowest BCUT2D eigenvalue weighted by molar-refractivity contribution is -0.140. The summed E-state index contributed by atoms with van der Waals surface area (Å²) in [5.74, 6) is -2.04. The molecule has 180 valence electrons. The predicted molar refractivity (Wildman–Crippen MR) is 127 cm³/mol. The van der Waals surface area contributed by atoms with Crippen LogP contribution in [0, 0.1) is 31.1 Å².